The van der Waals surface area contributed by atoms with Crippen LogP contribution in [0.1, 0.15) is 25.3 Å². The quantitative estimate of drug-likeness (QED) is 0.737. The van der Waals surface area contributed by atoms with Gasteiger partial charge in [-0.1, -0.05) is 26.0 Å². The van der Waals surface area contributed by atoms with Crippen LogP contribution >= 0.6 is 0 Å². The molecule has 1 N–H and O–H groups in total. The van der Waals surface area contributed by atoms with E-state index in [4.69, 9.17) is 0 Å². The number of hydrogen-bond acceptors (Lipinski definition) is 4. The summed E-state index contributed by atoms with van der Waals surface area (Å²) in [5.74, 6) is 2.11. The number of hydrogen-bond donors (Lipinski definition) is 1. The summed E-state index contributed by atoms with van der Waals surface area (Å²) in [4.78, 5) is 16.6. The smallest absolute Gasteiger partial charge is 0.321 e. The lowest BCUT2D eigenvalue weighted by Gasteiger charge is -2.35. The van der Waals surface area contributed by atoms with Crippen molar-refractivity contribution >= 4 is 17.5 Å². The lowest BCUT2D eigenvalue weighted by Crippen LogP contribution is -2.50. The van der Waals surface area contributed by atoms with Crippen LogP contribution in [0.15, 0.2) is 60.9 Å². The van der Waals surface area contributed by atoms with Crippen LogP contribution in [0.2, 0.25) is 0 Å². The van der Waals surface area contributed by atoms with Gasteiger partial charge in [0.25, 0.3) is 0 Å². The third-order valence-corrected chi connectivity index (χ3v) is 5.22. The topological polar surface area (TPSA) is 66.3 Å². The van der Waals surface area contributed by atoms with Gasteiger partial charge in [0.1, 0.15) is 0 Å². The highest BCUT2D eigenvalue weighted by atomic mass is 16.2. The summed E-state index contributed by atoms with van der Waals surface area (Å²) < 4.78 is 1.92. The molecule has 1 saturated heterocycles. The van der Waals surface area contributed by atoms with E-state index in [0.717, 1.165) is 30.4 Å². The maximum Gasteiger partial charge on any atom is 0.321 e. The van der Waals surface area contributed by atoms with Crippen LogP contribution in [-0.2, 0) is 0 Å². The van der Waals surface area contributed by atoms with Gasteiger partial charge in [-0.05, 0) is 47.9 Å². The molecule has 1 fully saturated rings. The molecule has 0 spiro atoms. The summed E-state index contributed by atoms with van der Waals surface area (Å²) in [6.07, 6.45) is 3.88. The van der Waals surface area contributed by atoms with E-state index >= 15 is 0 Å². The van der Waals surface area contributed by atoms with Gasteiger partial charge < -0.3 is 19.7 Å². The first-order valence-corrected chi connectivity index (χ1v) is 9.98. The van der Waals surface area contributed by atoms with Crippen molar-refractivity contribution in [3.8, 4) is 5.82 Å². The van der Waals surface area contributed by atoms with E-state index in [1.165, 1.54) is 5.56 Å². The molecule has 1 aliphatic rings. The predicted octanol–water partition coefficient (Wildman–Crippen LogP) is 3.74. The summed E-state index contributed by atoms with van der Waals surface area (Å²) in [5, 5.41) is 11.7. The maximum atomic E-state index is 12.6. The van der Waals surface area contributed by atoms with Gasteiger partial charge in [-0.3, -0.25) is 0 Å². The van der Waals surface area contributed by atoms with Crippen molar-refractivity contribution in [1.82, 2.24) is 19.7 Å². The third-order valence-electron chi connectivity index (χ3n) is 5.22. The number of carbonyl (C=O) groups excluding carboxylic acids is 1. The zero-order valence-corrected chi connectivity index (χ0v) is 16.8. The molecule has 3 heterocycles. The third kappa shape index (κ3) is 4.39. The van der Waals surface area contributed by atoms with Crippen molar-refractivity contribution in [2.75, 3.05) is 36.4 Å². The Morgan fingerprint density at radius 1 is 0.897 bits per heavy atom. The van der Waals surface area contributed by atoms with Gasteiger partial charge in [-0.2, -0.15) is 0 Å². The molecule has 4 rings (SSSR count). The Labute approximate surface area is 171 Å². The Bertz CT molecular complexity index is 926. The normalized spacial score (nSPS) is 14.3. The average molecular weight is 390 g/mol. The number of aromatic nitrogens is 3. The highest BCUT2D eigenvalue weighted by Crippen LogP contribution is 2.18. The van der Waals surface area contributed by atoms with Gasteiger partial charge >= 0.3 is 6.03 Å². The molecule has 29 heavy (non-hydrogen) atoms. The zero-order chi connectivity index (χ0) is 20.2. The molecular formula is C22H26N6O. The number of nitrogens with zero attached hydrogens (tertiary/aromatic N) is 5. The summed E-state index contributed by atoms with van der Waals surface area (Å²) in [7, 11) is 0. The van der Waals surface area contributed by atoms with Crippen molar-refractivity contribution in [2.24, 2.45) is 0 Å². The SMILES string of the molecule is CC(C)c1ccc(NC(=O)N2CCN(c3ccc(-n4cccc4)nn3)CC2)cc1. The number of rotatable bonds is 4. The fraction of sp³-hybridized carbons (Fsp3) is 0.318. The highest BCUT2D eigenvalue weighted by molar-refractivity contribution is 5.89. The number of urea groups is 1. The van der Waals surface area contributed by atoms with Gasteiger partial charge in [0.15, 0.2) is 11.6 Å². The van der Waals surface area contributed by atoms with Crippen LogP contribution in [0.25, 0.3) is 5.82 Å². The molecule has 0 bridgehead atoms. The van der Waals surface area contributed by atoms with Crippen molar-refractivity contribution in [2.45, 2.75) is 19.8 Å². The monoisotopic (exact) mass is 390 g/mol. The predicted molar refractivity (Wildman–Crippen MR) is 115 cm³/mol. The fourth-order valence-corrected chi connectivity index (χ4v) is 3.40. The van der Waals surface area contributed by atoms with E-state index in [2.05, 4.69) is 46.4 Å². The van der Waals surface area contributed by atoms with Crippen LogP contribution in [0.4, 0.5) is 16.3 Å². The molecule has 2 aromatic heterocycles. The Hall–Kier alpha value is -3.35. The highest BCUT2D eigenvalue weighted by Gasteiger charge is 2.22. The number of carbonyl (C=O) groups is 1. The first kappa shape index (κ1) is 19.0. The maximum absolute atomic E-state index is 12.6. The molecule has 0 radical (unpaired) electrons. The van der Waals surface area contributed by atoms with Crippen molar-refractivity contribution in [1.29, 1.82) is 0 Å². The number of piperazine rings is 1. The van der Waals surface area contributed by atoms with Crippen LogP contribution in [0.5, 0.6) is 0 Å². The summed E-state index contributed by atoms with van der Waals surface area (Å²) in [6, 6.07) is 15.9. The minimum Gasteiger partial charge on any atom is -0.352 e. The van der Waals surface area contributed by atoms with Gasteiger partial charge in [0, 0.05) is 44.3 Å². The van der Waals surface area contributed by atoms with Crippen LogP contribution in [0.3, 0.4) is 0 Å². The molecule has 7 heteroatoms. The second kappa shape index (κ2) is 8.34. The zero-order valence-electron chi connectivity index (χ0n) is 16.8. The Morgan fingerprint density at radius 2 is 1.52 bits per heavy atom. The second-order valence-electron chi connectivity index (χ2n) is 7.52. The largest absolute Gasteiger partial charge is 0.352 e. The standard InChI is InChI=1S/C22H26N6O/c1-17(2)18-5-7-19(8-6-18)23-22(29)28-15-13-27(14-16-28)21-10-9-20(24-25-21)26-11-3-4-12-26/h3-12,17H,13-16H2,1-2H3,(H,23,29). The molecule has 0 atom stereocenters. The molecular weight excluding hydrogens is 364 g/mol. The number of amides is 2. The van der Waals surface area contributed by atoms with Crippen molar-refractivity contribution in [3.63, 3.8) is 0 Å². The summed E-state index contributed by atoms with van der Waals surface area (Å²) >= 11 is 0. The molecule has 2 amide bonds. The Kier molecular flexibility index (Phi) is 5.46. The lowest BCUT2D eigenvalue weighted by molar-refractivity contribution is 0.208. The molecule has 0 saturated carbocycles. The first-order valence-electron chi connectivity index (χ1n) is 9.98. The molecule has 0 aliphatic carbocycles. The Balaban J connectivity index is 1.31. The number of benzene rings is 1. The summed E-state index contributed by atoms with van der Waals surface area (Å²) in [6.45, 7) is 7.08. The minimum atomic E-state index is -0.0593. The summed E-state index contributed by atoms with van der Waals surface area (Å²) in [5.41, 5.74) is 2.09. The molecule has 150 valence electrons. The first-order chi connectivity index (χ1) is 14.1. The molecule has 7 nitrogen and oxygen atoms in total. The van der Waals surface area contributed by atoms with Gasteiger partial charge in [0.2, 0.25) is 0 Å². The van der Waals surface area contributed by atoms with Gasteiger partial charge in [-0.15, -0.1) is 10.2 Å². The average Bonchev–Trinajstić information content (AvgIpc) is 3.29. The fourth-order valence-electron chi connectivity index (χ4n) is 3.40. The van der Waals surface area contributed by atoms with Crippen LogP contribution in [-0.4, -0.2) is 51.9 Å². The van der Waals surface area contributed by atoms with Crippen LogP contribution < -0.4 is 10.2 Å². The molecule has 1 aliphatic heterocycles. The van der Waals surface area contributed by atoms with E-state index in [9.17, 15) is 4.79 Å². The van der Waals surface area contributed by atoms with E-state index in [1.54, 1.807) is 0 Å². The molecule has 3 aromatic rings. The van der Waals surface area contributed by atoms with Crippen molar-refractivity contribution in [3.05, 3.63) is 66.5 Å². The minimum absolute atomic E-state index is 0.0593. The Morgan fingerprint density at radius 3 is 2.10 bits per heavy atom. The van der Waals surface area contributed by atoms with E-state index in [-0.39, 0.29) is 6.03 Å². The number of nitrogens with one attached hydrogen (secondary N) is 1. The van der Waals surface area contributed by atoms with E-state index < -0.39 is 0 Å². The van der Waals surface area contributed by atoms with Gasteiger partial charge in [0.05, 0.1) is 0 Å². The van der Waals surface area contributed by atoms with E-state index in [0.29, 0.717) is 19.0 Å². The lowest BCUT2D eigenvalue weighted by atomic mass is 10.0. The van der Waals surface area contributed by atoms with Crippen molar-refractivity contribution < 1.29 is 4.79 Å². The molecule has 1 aromatic carbocycles. The second-order valence-corrected chi connectivity index (χ2v) is 7.52. The molecule has 0 unspecified atom stereocenters. The van der Waals surface area contributed by atoms with E-state index in [1.807, 2.05) is 58.3 Å². The van der Waals surface area contributed by atoms with Gasteiger partial charge in [-0.25, -0.2) is 4.79 Å². The number of anilines is 2. The van der Waals surface area contributed by atoms with Crippen LogP contribution in [0, 0.1) is 0 Å².